The second kappa shape index (κ2) is 18.5. The molecule has 60 heavy (non-hydrogen) atoms. The van der Waals surface area contributed by atoms with E-state index in [1.807, 2.05) is 109 Å². The first kappa shape index (κ1) is 39.6. The van der Waals surface area contributed by atoms with Gasteiger partial charge in [0, 0.05) is 53.5 Å². The van der Waals surface area contributed by atoms with Crippen molar-refractivity contribution in [1.82, 2.24) is 15.0 Å². The topological polar surface area (TPSA) is 127 Å². The molecule has 0 atom stereocenters. The van der Waals surface area contributed by atoms with Crippen LogP contribution in [0.4, 0.5) is 52.0 Å². The fourth-order valence-corrected chi connectivity index (χ4v) is 6.05. The van der Waals surface area contributed by atoms with Crippen molar-refractivity contribution in [1.29, 1.82) is 0 Å². The Labute approximate surface area is 346 Å². The molecule has 0 aliphatic rings. The quantitative estimate of drug-likeness (QED) is 0.0557. The third-order valence-electron chi connectivity index (χ3n) is 8.63. The van der Waals surface area contributed by atoms with Crippen molar-refractivity contribution in [2.24, 2.45) is 0 Å². The summed E-state index contributed by atoms with van der Waals surface area (Å²) >= 11 is 0. The monoisotopic (exact) mass is 792 g/mol. The Kier molecular flexibility index (Phi) is 12.2. The highest BCUT2D eigenvalue weighted by molar-refractivity contribution is 5.86. The molecule has 0 unspecified atom stereocenters. The van der Waals surface area contributed by atoms with Gasteiger partial charge in [-0.1, -0.05) is 92.5 Å². The number of anilines is 9. The number of hydrogen-bond acceptors (Lipinski definition) is 12. The summed E-state index contributed by atoms with van der Waals surface area (Å²) in [5.41, 5.74) is 3.65. The lowest BCUT2D eigenvalue weighted by Gasteiger charge is -2.30. The maximum absolute atomic E-state index is 12.3. The fourth-order valence-electron chi connectivity index (χ4n) is 6.05. The van der Waals surface area contributed by atoms with Gasteiger partial charge in [0.05, 0.1) is 17.1 Å². The summed E-state index contributed by atoms with van der Waals surface area (Å²) in [6.07, 6.45) is 3.26. The van der Waals surface area contributed by atoms with Crippen molar-refractivity contribution in [2.75, 3.05) is 14.7 Å². The third-order valence-corrected chi connectivity index (χ3v) is 8.63. The first-order valence-electron chi connectivity index (χ1n) is 18.5. The Bertz CT molecular complexity index is 2370. The first-order chi connectivity index (χ1) is 29.3. The van der Waals surface area contributed by atoms with Crippen LogP contribution in [0, 0.1) is 0 Å². The van der Waals surface area contributed by atoms with E-state index >= 15 is 0 Å². The van der Waals surface area contributed by atoms with Crippen molar-refractivity contribution < 1.29 is 28.6 Å². The van der Waals surface area contributed by atoms with Crippen LogP contribution in [-0.4, -0.2) is 32.9 Å². The lowest BCUT2D eigenvalue weighted by atomic mass is 10.2. The Morgan fingerprint density at radius 2 is 0.617 bits per heavy atom. The highest BCUT2D eigenvalue weighted by atomic mass is 16.5. The Morgan fingerprint density at radius 1 is 0.367 bits per heavy atom. The maximum atomic E-state index is 12.3. The summed E-state index contributed by atoms with van der Waals surface area (Å²) in [6, 6.07) is 49.1. The number of carbonyl (C=O) groups is 3. The van der Waals surface area contributed by atoms with Crippen LogP contribution in [0.5, 0.6) is 17.2 Å². The molecule has 0 spiro atoms. The van der Waals surface area contributed by atoms with Gasteiger partial charge in [0.25, 0.3) is 0 Å². The number of para-hydroxylation sites is 3. The molecule has 7 aromatic rings. The largest absolute Gasteiger partial charge is 0.423 e. The molecule has 0 aliphatic heterocycles. The van der Waals surface area contributed by atoms with Gasteiger partial charge >= 0.3 is 17.9 Å². The average Bonchev–Trinajstić information content (AvgIpc) is 3.28. The van der Waals surface area contributed by atoms with Crippen LogP contribution >= 0.6 is 0 Å². The lowest BCUT2D eigenvalue weighted by Crippen LogP contribution is -2.22. The molecular weight excluding hydrogens is 757 g/mol. The number of rotatable bonds is 15. The van der Waals surface area contributed by atoms with Gasteiger partial charge in [-0.25, -0.2) is 14.4 Å². The van der Waals surface area contributed by atoms with Gasteiger partial charge < -0.3 is 14.2 Å². The molecule has 294 valence electrons. The van der Waals surface area contributed by atoms with Crippen LogP contribution in [0.25, 0.3) is 0 Å². The van der Waals surface area contributed by atoms with Crippen molar-refractivity contribution in [3.63, 3.8) is 0 Å². The Balaban J connectivity index is 1.53. The average molecular weight is 793 g/mol. The molecule has 12 heteroatoms. The molecule has 7 rings (SSSR count). The molecule has 0 radical (unpaired) electrons. The Hall–Kier alpha value is -8.64. The summed E-state index contributed by atoms with van der Waals surface area (Å²) in [5, 5.41) is 0. The van der Waals surface area contributed by atoms with E-state index in [1.165, 1.54) is 0 Å². The van der Waals surface area contributed by atoms with Crippen molar-refractivity contribution in [3.8, 4) is 17.2 Å². The molecule has 12 nitrogen and oxygen atoms in total. The standard InChI is InChI=1S/C48H36N6O6/c1-4-43(55)58-40-28-16-25-37(31-40)52(34-19-10-7-11-20-34)46-49-47(53(35-21-12-8-13-22-35)38-26-17-29-41(32-38)59-44(56)5-2)51-48(50-46)54(36-23-14-9-15-24-36)39-27-18-30-42(33-39)60-45(57)6-3/h4-33H,1-3H2. The summed E-state index contributed by atoms with van der Waals surface area (Å²) in [4.78, 5) is 57.9. The van der Waals surface area contributed by atoms with E-state index in [-0.39, 0.29) is 35.1 Å². The van der Waals surface area contributed by atoms with E-state index in [0.29, 0.717) is 34.1 Å². The van der Waals surface area contributed by atoms with Gasteiger partial charge in [-0.15, -0.1) is 0 Å². The number of hydrogen-bond donors (Lipinski definition) is 0. The van der Waals surface area contributed by atoms with Crippen LogP contribution in [0.3, 0.4) is 0 Å². The minimum absolute atomic E-state index is 0.165. The van der Waals surface area contributed by atoms with E-state index in [1.54, 1.807) is 69.3 Å². The van der Waals surface area contributed by atoms with Crippen molar-refractivity contribution in [3.05, 3.63) is 202 Å². The van der Waals surface area contributed by atoms with Crippen LogP contribution in [0.2, 0.25) is 0 Å². The first-order valence-corrected chi connectivity index (χ1v) is 18.5. The number of esters is 3. The zero-order valence-corrected chi connectivity index (χ0v) is 32.1. The van der Waals surface area contributed by atoms with Gasteiger partial charge in [0.15, 0.2) is 0 Å². The Morgan fingerprint density at radius 3 is 0.867 bits per heavy atom. The molecule has 1 heterocycles. The van der Waals surface area contributed by atoms with Crippen LogP contribution in [0.1, 0.15) is 0 Å². The molecule has 0 saturated carbocycles. The fraction of sp³-hybridized carbons (Fsp3) is 0. The second-order valence-electron chi connectivity index (χ2n) is 12.6. The molecular formula is C48H36N6O6. The number of ether oxygens (including phenoxy) is 3. The highest BCUT2D eigenvalue weighted by Crippen LogP contribution is 2.42. The SMILES string of the molecule is C=CC(=O)Oc1cccc(N(c2ccccc2)c2nc(N(c3ccccc3)c3cccc(OC(=O)C=C)c3)nc(N(c3ccccc3)c3cccc(OC(=O)C=C)c3)n2)c1. The zero-order valence-electron chi connectivity index (χ0n) is 32.1. The van der Waals surface area contributed by atoms with Gasteiger partial charge in [0.2, 0.25) is 17.8 Å². The predicted octanol–water partition coefficient (Wildman–Crippen LogP) is 10.6. The van der Waals surface area contributed by atoms with Crippen molar-refractivity contribution in [2.45, 2.75) is 0 Å². The van der Waals surface area contributed by atoms with Gasteiger partial charge in [0.1, 0.15) is 17.2 Å². The molecule has 0 aliphatic carbocycles. The zero-order chi connectivity index (χ0) is 41.8. The minimum Gasteiger partial charge on any atom is -0.423 e. The van der Waals surface area contributed by atoms with Gasteiger partial charge in [-0.05, 0) is 72.8 Å². The van der Waals surface area contributed by atoms with Gasteiger partial charge in [-0.3, -0.25) is 14.7 Å². The smallest absolute Gasteiger partial charge is 0.335 e. The van der Waals surface area contributed by atoms with E-state index in [9.17, 15) is 14.4 Å². The summed E-state index contributed by atoms with van der Waals surface area (Å²) in [5.74, 6) is -0.577. The van der Waals surface area contributed by atoms with Crippen LogP contribution in [-0.2, 0) is 14.4 Å². The molecule has 0 amide bonds. The summed E-state index contributed by atoms with van der Waals surface area (Å²) < 4.78 is 16.6. The summed E-state index contributed by atoms with van der Waals surface area (Å²) in [7, 11) is 0. The molecule has 6 aromatic carbocycles. The van der Waals surface area contributed by atoms with E-state index in [0.717, 1.165) is 18.2 Å². The van der Waals surface area contributed by atoms with Crippen LogP contribution in [0.15, 0.2) is 202 Å². The van der Waals surface area contributed by atoms with E-state index < -0.39 is 17.9 Å². The molecule has 0 fully saturated rings. The van der Waals surface area contributed by atoms with E-state index in [4.69, 9.17) is 29.2 Å². The number of nitrogens with zero attached hydrogens (tertiary/aromatic N) is 6. The summed E-state index contributed by atoms with van der Waals surface area (Å²) in [6.45, 7) is 10.6. The maximum Gasteiger partial charge on any atom is 0.335 e. The number of carbonyl (C=O) groups excluding carboxylic acids is 3. The minimum atomic E-state index is -0.623. The predicted molar refractivity (Wildman–Crippen MR) is 231 cm³/mol. The molecule has 0 saturated heterocycles. The second-order valence-corrected chi connectivity index (χ2v) is 12.6. The van der Waals surface area contributed by atoms with Crippen LogP contribution < -0.4 is 28.9 Å². The number of benzene rings is 6. The van der Waals surface area contributed by atoms with E-state index in [2.05, 4.69) is 19.7 Å². The molecule has 1 aromatic heterocycles. The normalized spacial score (nSPS) is 10.4. The highest BCUT2D eigenvalue weighted by Gasteiger charge is 2.27. The third kappa shape index (κ3) is 9.31. The molecule has 0 bridgehead atoms. The molecule has 0 N–H and O–H groups in total. The van der Waals surface area contributed by atoms with Gasteiger partial charge in [-0.2, -0.15) is 15.0 Å². The number of aromatic nitrogens is 3. The lowest BCUT2D eigenvalue weighted by molar-refractivity contribution is -0.129. The van der Waals surface area contributed by atoms with Crippen molar-refractivity contribution >= 4 is 69.9 Å².